The fraction of sp³-hybridized carbons (Fsp3) is 0.476. The number of nitrogens with zero attached hydrogens (tertiary/aromatic N) is 4. The molecule has 1 aliphatic heterocycles. The summed E-state index contributed by atoms with van der Waals surface area (Å²) >= 11 is 0. The molecule has 30 heavy (non-hydrogen) atoms. The molecule has 1 fully saturated rings. The molecule has 1 N–H and O–H groups in total. The first-order valence-electron chi connectivity index (χ1n) is 10.1. The number of aromatic nitrogens is 2. The van der Waals surface area contributed by atoms with Crippen molar-refractivity contribution in [1.29, 1.82) is 0 Å². The summed E-state index contributed by atoms with van der Waals surface area (Å²) in [6.07, 6.45) is 0.860. The Morgan fingerprint density at radius 3 is 2.47 bits per heavy atom. The molecule has 1 saturated heterocycles. The predicted octanol–water partition coefficient (Wildman–Crippen LogP) is 0.634. The highest BCUT2D eigenvalue weighted by molar-refractivity contribution is 5.90. The number of rotatable bonds is 7. The van der Waals surface area contributed by atoms with E-state index in [-0.39, 0.29) is 17.2 Å². The van der Waals surface area contributed by atoms with Crippen LogP contribution in [0.5, 0.6) is 5.75 Å². The van der Waals surface area contributed by atoms with E-state index in [4.69, 9.17) is 4.74 Å². The molecule has 0 bridgehead atoms. The number of carbonyl (C=O) groups excluding carboxylic acids is 1. The highest BCUT2D eigenvalue weighted by atomic mass is 16.5. The van der Waals surface area contributed by atoms with E-state index in [9.17, 15) is 14.4 Å². The number of nitrogens with one attached hydrogen (secondary N) is 1. The second-order valence-corrected chi connectivity index (χ2v) is 7.45. The van der Waals surface area contributed by atoms with Gasteiger partial charge in [-0.3, -0.25) is 23.6 Å². The van der Waals surface area contributed by atoms with Crippen LogP contribution in [0.25, 0.3) is 0 Å². The van der Waals surface area contributed by atoms with Crippen molar-refractivity contribution in [2.45, 2.75) is 13.3 Å². The van der Waals surface area contributed by atoms with E-state index in [2.05, 4.69) is 15.1 Å². The molecule has 1 aliphatic rings. The monoisotopic (exact) mass is 415 g/mol. The molecule has 2 heterocycles. The molecule has 0 spiro atoms. The number of carbonyl (C=O) groups is 1. The van der Waals surface area contributed by atoms with E-state index in [1.165, 1.54) is 24.6 Å². The Hall–Kier alpha value is -3.07. The number of amides is 1. The summed E-state index contributed by atoms with van der Waals surface area (Å²) in [5.41, 5.74) is 0.0853. The van der Waals surface area contributed by atoms with Crippen LogP contribution < -0.4 is 26.2 Å². The molecule has 162 valence electrons. The van der Waals surface area contributed by atoms with E-state index >= 15 is 0 Å². The average molecular weight is 415 g/mol. The maximum Gasteiger partial charge on any atom is 0.332 e. The largest absolute Gasteiger partial charge is 0.491 e. The SMILES string of the molecule is CC(=O)Nc1ccccc1OCCCN1CCN(c2cc(=O)n(C)c(=O)n2C)CC1. The molecule has 9 nitrogen and oxygen atoms in total. The minimum absolute atomic E-state index is 0.127. The van der Waals surface area contributed by atoms with Crippen molar-refractivity contribution in [2.75, 3.05) is 49.5 Å². The Bertz CT molecular complexity index is 1010. The fourth-order valence-corrected chi connectivity index (χ4v) is 3.58. The lowest BCUT2D eigenvalue weighted by molar-refractivity contribution is -0.114. The van der Waals surface area contributed by atoms with Crippen molar-refractivity contribution in [3.63, 3.8) is 0 Å². The molecule has 0 saturated carbocycles. The summed E-state index contributed by atoms with van der Waals surface area (Å²) < 4.78 is 8.49. The van der Waals surface area contributed by atoms with E-state index in [1.807, 2.05) is 24.3 Å². The maximum atomic E-state index is 12.1. The minimum Gasteiger partial charge on any atom is -0.491 e. The van der Waals surface area contributed by atoms with Crippen LogP contribution >= 0.6 is 0 Å². The third-order valence-electron chi connectivity index (χ3n) is 5.27. The van der Waals surface area contributed by atoms with Gasteiger partial charge in [0, 0.05) is 59.8 Å². The normalized spacial score (nSPS) is 14.6. The molecular weight excluding hydrogens is 386 g/mol. The minimum atomic E-state index is -0.309. The van der Waals surface area contributed by atoms with Crippen LogP contribution in [0, 0.1) is 0 Å². The average Bonchev–Trinajstić information content (AvgIpc) is 2.73. The summed E-state index contributed by atoms with van der Waals surface area (Å²) in [5, 5.41) is 2.77. The molecule has 0 unspecified atom stereocenters. The molecule has 2 aromatic rings. The highest BCUT2D eigenvalue weighted by Crippen LogP contribution is 2.23. The summed E-state index contributed by atoms with van der Waals surface area (Å²) in [5.74, 6) is 1.21. The zero-order valence-corrected chi connectivity index (χ0v) is 17.8. The van der Waals surface area contributed by atoms with E-state index in [0.717, 1.165) is 43.7 Å². The van der Waals surface area contributed by atoms with Gasteiger partial charge in [0.25, 0.3) is 5.56 Å². The quantitative estimate of drug-likeness (QED) is 0.668. The molecule has 3 rings (SSSR count). The van der Waals surface area contributed by atoms with Crippen LogP contribution in [-0.2, 0) is 18.9 Å². The van der Waals surface area contributed by atoms with E-state index in [1.54, 1.807) is 7.05 Å². The lowest BCUT2D eigenvalue weighted by Crippen LogP contribution is -2.49. The second kappa shape index (κ2) is 9.62. The number of ether oxygens (including phenoxy) is 1. The molecule has 0 atom stereocenters. The van der Waals surface area contributed by atoms with Gasteiger partial charge in [-0.25, -0.2) is 4.79 Å². The van der Waals surface area contributed by atoms with Crippen molar-refractivity contribution in [3.8, 4) is 5.75 Å². The van der Waals surface area contributed by atoms with Crippen LogP contribution in [0.4, 0.5) is 11.5 Å². The van der Waals surface area contributed by atoms with Crippen LogP contribution in [0.3, 0.4) is 0 Å². The van der Waals surface area contributed by atoms with E-state index in [0.29, 0.717) is 23.9 Å². The fourth-order valence-electron chi connectivity index (χ4n) is 3.58. The molecule has 1 aromatic heterocycles. The maximum absolute atomic E-state index is 12.1. The van der Waals surface area contributed by atoms with Gasteiger partial charge in [-0.1, -0.05) is 12.1 Å². The first-order valence-corrected chi connectivity index (χ1v) is 10.1. The Morgan fingerprint density at radius 2 is 1.77 bits per heavy atom. The first-order chi connectivity index (χ1) is 14.4. The molecule has 9 heteroatoms. The van der Waals surface area contributed by atoms with Gasteiger partial charge >= 0.3 is 5.69 Å². The molecule has 0 radical (unpaired) electrons. The summed E-state index contributed by atoms with van der Waals surface area (Å²) in [7, 11) is 3.18. The van der Waals surface area contributed by atoms with Gasteiger partial charge in [-0.15, -0.1) is 0 Å². The number of benzene rings is 1. The number of anilines is 2. The van der Waals surface area contributed by atoms with Crippen LogP contribution in [0.1, 0.15) is 13.3 Å². The summed E-state index contributed by atoms with van der Waals surface area (Å²) in [4.78, 5) is 39.8. The Labute approximate surface area is 175 Å². The van der Waals surface area contributed by atoms with Crippen molar-refractivity contribution in [1.82, 2.24) is 14.0 Å². The smallest absolute Gasteiger partial charge is 0.332 e. The third kappa shape index (κ3) is 5.10. The predicted molar refractivity (Wildman–Crippen MR) is 116 cm³/mol. The van der Waals surface area contributed by atoms with Crippen LogP contribution in [0.15, 0.2) is 39.9 Å². The summed E-state index contributed by atoms with van der Waals surface area (Å²) in [6.45, 7) is 6.14. The lowest BCUT2D eigenvalue weighted by Gasteiger charge is -2.36. The number of hydrogen-bond donors (Lipinski definition) is 1. The van der Waals surface area contributed by atoms with E-state index < -0.39 is 0 Å². The first kappa shape index (κ1) is 21.6. The Morgan fingerprint density at radius 1 is 1.07 bits per heavy atom. The number of hydrogen-bond acceptors (Lipinski definition) is 6. The lowest BCUT2D eigenvalue weighted by atomic mass is 10.2. The van der Waals surface area contributed by atoms with Gasteiger partial charge < -0.3 is 15.0 Å². The standard InChI is InChI=1S/C21H29N5O4/c1-16(27)22-17-7-4-5-8-18(17)30-14-6-9-25-10-12-26(13-11-25)19-15-20(28)24(3)21(29)23(19)2/h4-5,7-8,15H,6,9-14H2,1-3H3,(H,22,27). The molecular formula is C21H29N5O4. The Kier molecular flexibility index (Phi) is 6.94. The molecule has 1 aromatic carbocycles. The third-order valence-corrected chi connectivity index (χ3v) is 5.27. The highest BCUT2D eigenvalue weighted by Gasteiger charge is 2.20. The van der Waals surface area contributed by atoms with Crippen LogP contribution in [0.2, 0.25) is 0 Å². The van der Waals surface area contributed by atoms with Crippen molar-refractivity contribution >= 4 is 17.4 Å². The topological polar surface area (TPSA) is 88.8 Å². The van der Waals surface area contributed by atoms with Gasteiger partial charge in [0.2, 0.25) is 5.91 Å². The van der Waals surface area contributed by atoms with Crippen molar-refractivity contribution < 1.29 is 9.53 Å². The second-order valence-electron chi connectivity index (χ2n) is 7.45. The van der Waals surface area contributed by atoms with Gasteiger partial charge in [-0.2, -0.15) is 0 Å². The van der Waals surface area contributed by atoms with Crippen molar-refractivity contribution in [2.24, 2.45) is 14.1 Å². The Balaban J connectivity index is 1.47. The zero-order valence-electron chi connectivity index (χ0n) is 17.8. The molecule has 1 amide bonds. The zero-order chi connectivity index (χ0) is 21.7. The molecule has 0 aliphatic carbocycles. The van der Waals surface area contributed by atoms with Gasteiger partial charge in [-0.05, 0) is 18.6 Å². The van der Waals surface area contributed by atoms with Crippen LogP contribution in [-0.4, -0.2) is 59.3 Å². The van der Waals surface area contributed by atoms with Gasteiger partial charge in [0.05, 0.1) is 12.3 Å². The van der Waals surface area contributed by atoms with Crippen molar-refractivity contribution in [3.05, 3.63) is 51.2 Å². The van der Waals surface area contributed by atoms with Gasteiger partial charge in [0.1, 0.15) is 11.6 Å². The summed E-state index contributed by atoms with van der Waals surface area (Å²) in [6, 6.07) is 8.93. The number of para-hydroxylation sites is 2. The van der Waals surface area contributed by atoms with Gasteiger partial charge in [0.15, 0.2) is 0 Å². The number of piperazine rings is 1.